The van der Waals surface area contributed by atoms with E-state index in [9.17, 15) is 14.0 Å². The summed E-state index contributed by atoms with van der Waals surface area (Å²) in [5.74, 6) is -0.0142. The summed E-state index contributed by atoms with van der Waals surface area (Å²) in [6.45, 7) is 0.145. The lowest BCUT2D eigenvalue weighted by Gasteiger charge is -2.06. The lowest BCUT2D eigenvalue weighted by Crippen LogP contribution is -2.24. The number of aryl methyl sites for hydroxylation is 3. The number of nitrogens with zero attached hydrogens (tertiary/aromatic N) is 1. The molecule has 7 heteroatoms. The second-order valence-corrected chi connectivity index (χ2v) is 8.21. The zero-order valence-corrected chi connectivity index (χ0v) is 16.3. The van der Waals surface area contributed by atoms with Gasteiger partial charge in [-0.15, -0.1) is 11.3 Å². The molecule has 3 aromatic rings. The van der Waals surface area contributed by atoms with Crippen molar-refractivity contribution >= 4 is 27.5 Å². The second kappa shape index (κ2) is 8.22. The van der Waals surface area contributed by atoms with E-state index >= 15 is 0 Å². The van der Waals surface area contributed by atoms with Gasteiger partial charge in [-0.1, -0.05) is 24.6 Å². The first kappa shape index (κ1) is 18.8. The number of hydrogen-bond acceptors (Lipinski definition) is 4. The average molecular weight is 399 g/mol. The summed E-state index contributed by atoms with van der Waals surface area (Å²) in [4.78, 5) is 34.2. The van der Waals surface area contributed by atoms with E-state index in [1.54, 1.807) is 29.5 Å². The van der Waals surface area contributed by atoms with Crippen molar-refractivity contribution in [3.63, 3.8) is 0 Å². The summed E-state index contributed by atoms with van der Waals surface area (Å²) in [7, 11) is 0. The molecule has 1 aromatic carbocycles. The predicted molar refractivity (Wildman–Crippen MR) is 108 cm³/mol. The van der Waals surface area contributed by atoms with E-state index in [0.717, 1.165) is 35.9 Å². The summed E-state index contributed by atoms with van der Waals surface area (Å²) in [5.41, 5.74) is 1.51. The van der Waals surface area contributed by atoms with E-state index in [-0.39, 0.29) is 30.2 Å². The summed E-state index contributed by atoms with van der Waals surface area (Å²) in [6, 6.07) is 6.36. The van der Waals surface area contributed by atoms with E-state index in [4.69, 9.17) is 0 Å². The minimum atomic E-state index is -0.336. The van der Waals surface area contributed by atoms with Gasteiger partial charge in [0.25, 0.3) is 5.56 Å². The van der Waals surface area contributed by atoms with Crippen molar-refractivity contribution in [3.05, 3.63) is 62.3 Å². The number of hydrogen-bond donors (Lipinski definition) is 2. The van der Waals surface area contributed by atoms with Gasteiger partial charge in [-0.05, 0) is 37.3 Å². The highest BCUT2D eigenvalue weighted by molar-refractivity contribution is 7.18. The normalized spacial score (nSPS) is 13.9. The molecule has 1 aliphatic rings. The van der Waals surface area contributed by atoms with Crippen LogP contribution in [0.4, 0.5) is 4.39 Å². The molecular formula is C21H22FN3O2S. The Kier molecular flexibility index (Phi) is 5.52. The first-order valence-electron chi connectivity index (χ1n) is 9.65. The fourth-order valence-electron chi connectivity index (χ4n) is 3.66. The number of H-pyrrole nitrogens is 1. The van der Waals surface area contributed by atoms with Gasteiger partial charge in [0.15, 0.2) is 0 Å². The van der Waals surface area contributed by atoms with Gasteiger partial charge in [-0.2, -0.15) is 0 Å². The third-order valence-electron chi connectivity index (χ3n) is 5.15. The van der Waals surface area contributed by atoms with Gasteiger partial charge < -0.3 is 10.3 Å². The van der Waals surface area contributed by atoms with Crippen LogP contribution in [-0.2, 0) is 30.6 Å². The largest absolute Gasteiger partial charge is 0.352 e. The fourth-order valence-corrected chi connectivity index (χ4v) is 4.94. The zero-order valence-electron chi connectivity index (χ0n) is 15.5. The van der Waals surface area contributed by atoms with Crippen molar-refractivity contribution in [2.75, 3.05) is 0 Å². The number of thiophene rings is 1. The minimum absolute atomic E-state index is 0.105. The van der Waals surface area contributed by atoms with E-state index < -0.39 is 0 Å². The number of amides is 1. The minimum Gasteiger partial charge on any atom is -0.352 e. The summed E-state index contributed by atoms with van der Waals surface area (Å²) in [6.07, 6.45) is 5.97. The molecule has 2 aromatic heterocycles. The van der Waals surface area contributed by atoms with Gasteiger partial charge in [0.05, 0.1) is 5.39 Å². The molecular weight excluding hydrogens is 377 g/mol. The third-order valence-corrected chi connectivity index (χ3v) is 6.33. The van der Waals surface area contributed by atoms with E-state index in [1.807, 2.05) is 0 Å². The lowest BCUT2D eigenvalue weighted by atomic mass is 10.1. The van der Waals surface area contributed by atoms with Crippen molar-refractivity contribution in [1.82, 2.24) is 15.3 Å². The molecule has 1 amide bonds. The van der Waals surface area contributed by atoms with Gasteiger partial charge >= 0.3 is 0 Å². The monoisotopic (exact) mass is 399 g/mol. The zero-order chi connectivity index (χ0) is 19.5. The molecule has 0 atom stereocenters. The number of halogens is 1. The Hall–Kier alpha value is -2.54. The quantitative estimate of drug-likeness (QED) is 0.643. The number of carbonyl (C=O) groups is 1. The van der Waals surface area contributed by atoms with Crippen LogP contribution < -0.4 is 10.9 Å². The van der Waals surface area contributed by atoms with Crippen LogP contribution in [0.25, 0.3) is 10.2 Å². The van der Waals surface area contributed by atoms with Crippen molar-refractivity contribution < 1.29 is 9.18 Å². The molecule has 0 saturated carbocycles. The van der Waals surface area contributed by atoms with Gasteiger partial charge in [0, 0.05) is 29.8 Å². The summed E-state index contributed by atoms with van der Waals surface area (Å²) < 4.78 is 13.6. The topological polar surface area (TPSA) is 74.8 Å². The number of aromatic amines is 1. The molecule has 2 heterocycles. The van der Waals surface area contributed by atoms with Crippen LogP contribution in [0.1, 0.15) is 47.5 Å². The number of rotatable bonds is 5. The van der Waals surface area contributed by atoms with Gasteiger partial charge in [-0.25, -0.2) is 9.37 Å². The number of carbonyl (C=O) groups excluding carboxylic acids is 1. The van der Waals surface area contributed by atoms with E-state index in [0.29, 0.717) is 17.8 Å². The van der Waals surface area contributed by atoms with E-state index in [1.165, 1.54) is 22.9 Å². The Bertz CT molecular complexity index is 1070. The van der Waals surface area contributed by atoms with Crippen molar-refractivity contribution in [3.8, 4) is 0 Å². The Balaban J connectivity index is 1.43. The molecule has 1 aliphatic carbocycles. The van der Waals surface area contributed by atoms with Gasteiger partial charge in [0.2, 0.25) is 5.91 Å². The number of benzene rings is 1. The number of fused-ring (bicyclic) bond motifs is 3. The standard InChI is InChI=1S/C21H22FN3O2S/c22-15-8-5-4-6-13(15)12-23-18(26)11-10-17-24-20(27)19-14-7-2-1-3-9-16(14)28-21(19)25-17/h4-6,8H,1-3,7,9-12H2,(H,23,26)(H,24,25,27). The van der Waals surface area contributed by atoms with Crippen LogP contribution in [0.15, 0.2) is 29.1 Å². The smallest absolute Gasteiger partial charge is 0.259 e. The molecule has 5 nitrogen and oxygen atoms in total. The summed E-state index contributed by atoms with van der Waals surface area (Å²) >= 11 is 1.61. The summed E-state index contributed by atoms with van der Waals surface area (Å²) in [5, 5.41) is 3.44. The highest BCUT2D eigenvalue weighted by Gasteiger charge is 2.19. The first-order valence-corrected chi connectivity index (χ1v) is 10.5. The second-order valence-electron chi connectivity index (χ2n) is 7.13. The van der Waals surface area contributed by atoms with Gasteiger partial charge in [-0.3, -0.25) is 9.59 Å². The molecule has 2 N–H and O–H groups in total. The van der Waals surface area contributed by atoms with Crippen molar-refractivity contribution in [2.24, 2.45) is 0 Å². The SMILES string of the molecule is O=C(CCc1nc2sc3c(c2c(=O)[nH]1)CCCCC3)NCc1ccccc1F. The highest BCUT2D eigenvalue weighted by atomic mass is 32.1. The highest BCUT2D eigenvalue weighted by Crippen LogP contribution is 2.32. The maximum atomic E-state index is 13.6. The lowest BCUT2D eigenvalue weighted by molar-refractivity contribution is -0.121. The maximum Gasteiger partial charge on any atom is 0.259 e. The predicted octanol–water partition coefficient (Wildman–Crippen LogP) is 3.64. The molecule has 0 saturated heterocycles. The first-order chi connectivity index (χ1) is 13.6. The molecule has 0 radical (unpaired) electrons. The van der Waals surface area contributed by atoms with Crippen LogP contribution in [0.3, 0.4) is 0 Å². The number of nitrogens with one attached hydrogen (secondary N) is 2. The fraction of sp³-hybridized carbons (Fsp3) is 0.381. The Morgan fingerprint density at radius 2 is 2.04 bits per heavy atom. The van der Waals surface area contributed by atoms with Crippen molar-refractivity contribution in [1.29, 1.82) is 0 Å². The van der Waals surface area contributed by atoms with Gasteiger partial charge in [0.1, 0.15) is 16.5 Å². The molecule has 0 aliphatic heterocycles. The molecule has 0 unspecified atom stereocenters. The number of aromatic nitrogens is 2. The van der Waals surface area contributed by atoms with Crippen LogP contribution in [-0.4, -0.2) is 15.9 Å². The molecule has 0 fully saturated rings. The maximum absolute atomic E-state index is 13.6. The molecule has 0 bridgehead atoms. The van der Waals surface area contributed by atoms with Crippen LogP contribution in [0.2, 0.25) is 0 Å². The Labute approximate surface area is 166 Å². The molecule has 146 valence electrons. The van der Waals surface area contributed by atoms with E-state index in [2.05, 4.69) is 15.3 Å². The molecule has 0 spiro atoms. The van der Waals surface area contributed by atoms with Crippen LogP contribution in [0, 0.1) is 5.82 Å². The van der Waals surface area contributed by atoms with Crippen LogP contribution in [0.5, 0.6) is 0 Å². The third kappa shape index (κ3) is 3.99. The Morgan fingerprint density at radius 1 is 1.21 bits per heavy atom. The average Bonchev–Trinajstić information content (AvgIpc) is 2.87. The Morgan fingerprint density at radius 3 is 2.89 bits per heavy atom. The molecule has 4 rings (SSSR count). The molecule has 28 heavy (non-hydrogen) atoms. The van der Waals surface area contributed by atoms with Crippen molar-refractivity contribution in [2.45, 2.75) is 51.5 Å². The van der Waals surface area contributed by atoms with Crippen LogP contribution >= 0.6 is 11.3 Å².